The summed E-state index contributed by atoms with van der Waals surface area (Å²) in [5, 5.41) is 3.57. The van der Waals surface area contributed by atoms with Gasteiger partial charge in [0.2, 0.25) is 0 Å². The maximum Gasteiger partial charge on any atom is 0.344 e. The first-order valence-electron chi connectivity index (χ1n) is 10.4. The summed E-state index contributed by atoms with van der Waals surface area (Å²) in [6.07, 6.45) is 0.344. The van der Waals surface area contributed by atoms with E-state index < -0.39 is 29.3 Å². The third kappa shape index (κ3) is 2.93. The van der Waals surface area contributed by atoms with Gasteiger partial charge in [-0.2, -0.15) is 5.01 Å². The Kier molecular flexibility index (Phi) is 4.66. The first-order valence-corrected chi connectivity index (χ1v) is 10.4. The van der Waals surface area contributed by atoms with E-state index in [1.54, 1.807) is 24.3 Å². The first kappa shape index (κ1) is 19.8. The van der Waals surface area contributed by atoms with Gasteiger partial charge in [-0.05, 0) is 24.1 Å². The van der Waals surface area contributed by atoms with E-state index in [-0.39, 0.29) is 0 Å². The topological polar surface area (TPSA) is 87.7 Å². The standard InChI is InChI=1S/C25H21N3O4/c1-2-25(16-10-4-3-5-11-16)23(30)28(24(31)26-25)27-22(29)21-17-12-6-8-14-19(17)32-20-15-9-7-13-18(20)21/h3-15,21H,2H2,1H3,(H,26,31)(H,27,29). The number of imide groups is 1. The Morgan fingerprint density at radius 1 is 0.938 bits per heavy atom. The number of fused-ring (bicyclic) bond motifs is 2. The highest BCUT2D eigenvalue weighted by Gasteiger charge is 2.52. The Balaban J connectivity index is 1.49. The Bertz CT molecular complexity index is 1180. The number of carbonyl (C=O) groups is 3. The molecule has 3 aromatic carbocycles. The summed E-state index contributed by atoms with van der Waals surface area (Å²) in [5.74, 6) is -0.605. The molecule has 1 saturated heterocycles. The van der Waals surface area contributed by atoms with E-state index in [2.05, 4.69) is 10.7 Å². The second kappa shape index (κ2) is 7.53. The molecule has 1 fully saturated rings. The first-order chi connectivity index (χ1) is 15.5. The Labute approximate surface area is 185 Å². The number of amides is 4. The molecule has 1 unspecified atom stereocenters. The number of urea groups is 1. The maximum atomic E-state index is 13.5. The summed E-state index contributed by atoms with van der Waals surface area (Å²) in [5.41, 5.74) is 3.34. The van der Waals surface area contributed by atoms with E-state index >= 15 is 0 Å². The van der Waals surface area contributed by atoms with Gasteiger partial charge in [-0.15, -0.1) is 0 Å². The molecule has 160 valence electrons. The molecule has 2 N–H and O–H groups in total. The zero-order valence-corrected chi connectivity index (χ0v) is 17.4. The van der Waals surface area contributed by atoms with Crippen LogP contribution < -0.4 is 15.5 Å². The molecule has 0 aliphatic carbocycles. The van der Waals surface area contributed by atoms with Gasteiger partial charge in [0.25, 0.3) is 11.8 Å². The van der Waals surface area contributed by atoms with Crippen LogP contribution in [0.3, 0.4) is 0 Å². The average molecular weight is 427 g/mol. The summed E-state index contributed by atoms with van der Waals surface area (Å²) in [4.78, 5) is 39.6. The molecule has 32 heavy (non-hydrogen) atoms. The van der Waals surface area contributed by atoms with Crippen LogP contribution in [0.1, 0.15) is 36.0 Å². The van der Waals surface area contributed by atoms with E-state index in [4.69, 9.17) is 4.74 Å². The lowest BCUT2D eigenvalue weighted by Crippen LogP contribution is -2.50. The van der Waals surface area contributed by atoms with Crippen LogP contribution in [0.15, 0.2) is 78.9 Å². The van der Waals surface area contributed by atoms with Crippen LogP contribution in [0.2, 0.25) is 0 Å². The van der Waals surface area contributed by atoms with Crippen molar-refractivity contribution in [2.45, 2.75) is 24.8 Å². The fourth-order valence-corrected chi connectivity index (χ4v) is 4.41. The number of hydrogen-bond donors (Lipinski definition) is 2. The molecule has 0 aromatic heterocycles. The Morgan fingerprint density at radius 3 is 2.09 bits per heavy atom. The molecule has 0 saturated carbocycles. The van der Waals surface area contributed by atoms with Gasteiger partial charge in [0.15, 0.2) is 0 Å². The molecule has 4 amide bonds. The number of rotatable bonds is 4. The van der Waals surface area contributed by atoms with Crippen molar-refractivity contribution in [1.29, 1.82) is 0 Å². The van der Waals surface area contributed by atoms with Crippen LogP contribution >= 0.6 is 0 Å². The number of nitrogens with one attached hydrogen (secondary N) is 2. The average Bonchev–Trinajstić information content (AvgIpc) is 3.08. The minimum Gasteiger partial charge on any atom is -0.457 e. The lowest BCUT2D eigenvalue weighted by Gasteiger charge is -2.29. The predicted octanol–water partition coefficient (Wildman–Crippen LogP) is 3.81. The zero-order chi connectivity index (χ0) is 22.3. The largest absolute Gasteiger partial charge is 0.457 e. The van der Waals surface area contributed by atoms with E-state index in [0.29, 0.717) is 34.6 Å². The van der Waals surface area contributed by atoms with Crippen LogP contribution in [0.5, 0.6) is 11.5 Å². The second-order valence-corrected chi connectivity index (χ2v) is 7.78. The molecule has 7 heteroatoms. The quantitative estimate of drug-likeness (QED) is 0.620. The number of ether oxygens (including phenoxy) is 1. The van der Waals surface area contributed by atoms with Crippen molar-refractivity contribution in [2.24, 2.45) is 0 Å². The molecule has 5 rings (SSSR count). The number of hydrogen-bond acceptors (Lipinski definition) is 4. The molecule has 0 bridgehead atoms. The predicted molar refractivity (Wildman–Crippen MR) is 117 cm³/mol. The van der Waals surface area contributed by atoms with Gasteiger partial charge < -0.3 is 10.1 Å². The summed E-state index contributed by atoms with van der Waals surface area (Å²) >= 11 is 0. The van der Waals surface area contributed by atoms with Crippen molar-refractivity contribution in [2.75, 3.05) is 0 Å². The summed E-state index contributed by atoms with van der Waals surface area (Å²) in [6.45, 7) is 1.82. The van der Waals surface area contributed by atoms with Crippen LogP contribution in [0, 0.1) is 0 Å². The van der Waals surface area contributed by atoms with E-state index in [1.165, 1.54) is 0 Å². The molecule has 7 nitrogen and oxygen atoms in total. The highest BCUT2D eigenvalue weighted by molar-refractivity contribution is 6.09. The summed E-state index contributed by atoms with van der Waals surface area (Å²) in [6, 6.07) is 22.9. The zero-order valence-electron chi connectivity index (χ0n) is 17.4. The van der Waals surface area contributed by atoms with Gasteiger partial charge in [0.05, 0.1) is 5.92 Å². The normalized spacial score (nSPS) is 19.6. The van der Waals surface area contributed by atoms with Crippen LogP contribution in [0.4, 0.5) is 4.79 Å². The molecular weight excluding hydrogens is 406 g/mol. The van der Waals surface area contributed by atoms with Gasteiger partial charge in [-0.1, -0.05) is 73.7 Å². The van der Waals surface area contributed by atoms with Crippen molar-refractivity contribution in [3.05, 3.63) is 95.6 Å². The van der Waals surface area contributed by atoms with E-state index in [0.717, 1.165) is 5.01 Å². The summed E-state index contributed by atoms with van der Waals surface area (Å²) in [7, 11) is 0. The van der Waals surface area contributed by atoms with Gasteiger partial charge in [0.1, 0.15) is 17.0 Å². The van der Waals surface area contributed by atoms with Crippen LogP contribution in [-0.2, 0) is 15.1 Å². The Hall–Kier alpha value is -4.13. The van der Waals surface area contributed by atoms with Gasteiger partial charge in [-0.3, -0.25) is 15.0 Å². The molecule has 0 radical (unpaired) electrons. The van der Waals surface area contributed by atoms with Gasteiger partial charge in [-0.25, -0.2) is 4.79 Å². The fraction of sp³-hybridized carbons (Fsp3) is 0.160. The third-order valence-corrected chi connectivity index (χ3v) is 6.05. The van der Waals surface area contributed by atoms with Crippen molar-refractivity contribution in [3.63, 3.8) is 0 Å². The number of benzene rings is 3. The van der Waals surface area contributed by atoms with E-state index in [9.17, 15) is 14.4 Å². The molecule has 2 aliphatic rings. The molecular formula is C25H21N3O4. The van der Waals surface area contributed by atoms with Crippen LogP contribution in [-0.4, -0.2) is 22.9 Å². The highest BCUT2D eigenvalue weighted by Crippen LogP contribution is 2.44. The minimum absolute atomic E-state index is 0.344. The minimum atomic E-state index is -1.23. The molecule has 2 heterocycles. The third-order valence-electron chi connectivity index (χ3n) is 6.05. The summed E-state index contributed by atoms with van der Waals surface area (Å²) < 4.78 is 5.94. The number of nitrogens with zero attached hydrogens (tertiary/aromatic N) is 1. The smallest absolute Gasteiger partial charge is 0.344 e. The SMILES string of the molecule is CCC1(c2ccccc2)NC(=O)N(NC(=O)C2c3ccccc3Oc3ccccc32)C1=O. The van der Waals surface area contributed by atoms with Crippen molar-refractivity contribution < 1.29 is 19.1 Å². The van der Waals surface area contributed by atoms with Crippen molar-refractivity contribution in [3.8, 4) is 11.5 Å². The fourth-order valence-electron chi connectivity index (χ4n) is 4.41. The molecule has 0 spiro atoms. The number of para-hydroxylation sites is 2. The molecule has 1 atom stereocenters. The second-order valence-electron chi connectivity index (χ2n) is 7.78. The van der Waals surface area contributed by atoms with Gasteiger partial charge in [0, 0.05) is 11.1 Å². The monoisotopic (exact) mass is 427 g/mol. The van der Waals surface area contributed by atoms with Crippen LogP contribution in [0.25, 0.3) is 0 Å². The van der Waals surface area contributed by atoms with E-state index in [1.807, 2.05) is 61.5 Å². The van der Waals surface area contributed by atoms with Crippen molar-refractivity contribution in [1.82, 2.24) is 15.8 Å². The lowest BCUT2D eigenvalue weighted by molar-refractivity contribution is -0.139. The van der Waals surface area contributed by atoms with Gasteiger partial charge >= 0.3 is 6.03 Å². The Morgan fingerprint density at radius 2 is 1.50 bits per heavy atom. The molecule has 2 aliphatic heterocycles. The maximum absolute atomic E-state index is 13.5. The number of hydrazine groups is 1. The molecule has 3 aromatic rings. The number of carbonyl (C=O) groups excluding carboxylic acids is 3. The van der Waals surface area contributed by atoms with Crippen molar-refractivity contribution >= 4 is 17.8 Å². The lowest BCUT2D eigenvalue weighted by atomic mass is 9.87. The highest BCUT2D eigenvalue weighted by atomic mass is 16.5.